The van der Waals surface area contributed by atoms with Crippen LogP contribution >= 0.6 is 22.7 Å². The Kier molecular flexibility index (Phi) is 6.62. The van der Waals surface area contributed by atoms with Crippen LogP contribution in [0.1, 0.15) is 24.9 Å². The lowest BCUT2D eigenvalue weighted by Gasteiger charge is -2.35. The van der Waals surface area contributed by atoms with Gasteiger partial charge in [-0.2, -0.15) is 0 Å². The average molecular weight is 440 g/mol. The van der Waals surface area contributed by atoms with Gasteiger partial charge in [0, 0.05) is 44.6 Å². The molecule has 0 spiro atoms. The van der Waals surface area contributed by atoms with Crippen LogP contribution in [-0.4, -0.2) is 61.4 Å². The van der Waals surface area contributed by atoms with Crippen LogP contribution in [-0.2, 0) is 6.42 Å². The standard InChI is InChI=1S/C23H25N3O2S2/c1-24(23(28)21-9-5-17-30-21)20-8-3-2-7-19(20)22(27)26-14-12-25(13-15-26)11-10-18-6-4-16-29-18/h2-9,16-17H,10-15H2,1H3. The Morgan fingerprint density at radius 3 is 2.37 bits per heavy atom. The molecule has 0 aliphatic carbocycles. The molecule has 0 N–H and O–H groups in total. The first kappa shape index (κ1) is 20.8. The second kappa shape index (κ2) is 9.55. The minimum Gasteiger partial charge on any atom is -0.336 e. The van der Waals surface area contributed by atoms with Gasteiger partial charge in [0.05, 0.1) is 16.1 Å². The number of carbonyl (C=O) groups excluding carboxylic acids is 2. The van der Waals surface area contributed by atoms with Crippen LogP contribution in [0.15, 0.2) is 59.3 Å². The molecule has 30 heavy (non-hydrogen) atoms. The van der Waals surface area contributed by atoms with Crippen molar-refractivity contribution in [2.24, 2.45) is 0 Å². The molecule has 1 fully saturated rings. The lowest BCUT2D eigenvalue weighted by atomic mass is 10.1. The van der Waals surface area contributed by atoms with Crippen LogP contribution in [0.5, 0.6) is 0 Å². The maximum Gasteiger partial charge on any atom is 0.268 e. The smallest absolute Gasteiger partial charge is 0.268 e. The molecule has 2 aromatic heterocycles. The highest BCUT2D eigenvalue weighted by atomic mass is 32.1. The lowest BCUT2D eigenvalue weighted by molar-refractivity contribution is 0.0639. The van der Waals surface area contributed by atoms with E-state index < -0.39 is 0 Å². The van der Waals surface area contributed by atoms with Crippen molar-refractivity contribution in [1.82, 2.24) is 9.80 Å². The highest BCUT2D eigenvalue weighted by molar-refractivity contribution is 7.12. The lowest BCUT2D eigenvalue weighted by Crippen LogP contribution is -2.49. The van der Waals surface area contributed by atoms with Crippen LogP contribution in [0.3, 0.4) is 0 Å². The summed E-state index contributed by atoms with van der Waals surface area (Å²) in [5, 5.41) is 4.00. The van der Waals surface area contributed by atoms with Gasteiger partial charge in [-0.05, 0) is 41.4 Å². The number of para-hydroxylation sites is 1. The van der Waals surface area contributed by atoms with Gasteiger partial charge in [-0.3, -0.25) is 14.5 Å². The van der Waals surface area contributed by atoms with E-state index in [9.17, 15) is 9.59 Å². The highest BCUT2D eigenvalue weighted by Crippen LogP contribution is 2.24. The molecule has 3 heterocycles. The SMILES string of the molecule is CN(C(=O)c1cccs1)c1ccccc1C(=O)N1CCN(CCc2cccs2)CC1. The number of benzene rings is 1. The molecule has 1 aliphatic rings. The topological polar surface area (TPSA) is 43.9 Å². The number of hydrogen-bond acceptors (Lipinski definition) is 5. The molecule has 5 nitrogen and oxygen atoms in total. The number of nitrogens with zero attached hydrogens (tertiary/aromatic N) is 3. The van der Waals surface area contributed by atoms with Gasteiger partial charge in [-0.15, -0.1) is 22.7 Å². The molecule has 1 aromatic carbocycles. The Bertz CT molecular complexity index is 978. The number of thiophene rings is 2. The number of amides is 2. The zero-order chi connectivity index (χ0) is 20.9. The van der Waals surface area contributed by atoms with Crippen LogP contribution < -0.4 is 4.90 Å². The highest BCUT2D eigenvalue weighted by Gasteiger charge is 2.26. The van der Waals surface area contributed by atoms with Gasteiger partial charge in [0.1, 0.15) is 0 Å². The molecule has 3 aromatic rings. The quantitative estimate of drug-likeness (QED) is 0.581. The number of anilines is 1. The monoisotopic (exact) mass is 439 g/mol. The minimum absolute atomic E-state index is 0.00524. The van der Waals surface area contributed by atoms with Crippen LogP contribution in [0.25, 0.3) is 0 Å². The molecular weight excluding hydrogens is 414 g/mol. The fraction of sp³-hybridized carbons (Fsp3) is 0.304. The first-order chi connectivity index (χ1) is 14.6. The summed E-state index contributed by atoms with van der Waals surface area (Å²) >= 11 is 3.21. The molecule has 4 rings (SSSR count). The molecule has 2 amide bonds. The van der Waals surface area contributed by atoms with Crippen molar-refractivity contribution in [2.45, 2.75) is 6.42 Å². The van der Waals surface area contributed by atoms with Crippen molar-refractivity contribution < 1.29 is 9.59 Å². The third-order valence-electron chi connectivity index (χ3n) is 5.45. The van der Waals surface area contributed by atoms with Gasteiger partial charge in [-0.25, -0.2) is 0 Å². The molecule has 0 unspecified atom stereocenters. The van der Waals surface area contributed by atoms with Crippen molar-refractivity contribution >= 4 is 40.2 Å². The number of piperazine rings is 1. The number of carbonyl (C=O) groups is 2. The molecule has 0 atom stereocenters. The molecule has 7 heteroatoms. The van der Waals surface area contributed by atoms with E-state index in [0.29, 0.717) is 29.2 Å². The molecule has 1 aliphatic heterocycles. The first-order valence-corrected chi connectivity index (χ1v) is 11.8. The summed E-state index contributed by atoms with van der Waals surface area (Å²) in [4.78, 5) is 34.0. The van der Waals surface area contributed by atoms with E-state index >= 15 is 0 Å². The summed E-state index contributed by atoms with van der Waals surface area (Å²) in [7, 11) is 1.73. The molecule has 0 radical (unpaired) electrons. The molecule has 0 saturated carbocycles. The fourth-order valence-electron chi connectivity index (χ4n) is 3.69. The predicted octanol–water partition coefficient (Wildman–Crippen LogP) is 4.09. The number of hydrogen-bond donors (Lipinski definition) is 0. The Hall–Kier alpha value is -2.48. The zero-order valence-corrected chi connectivity index (χ0v) is 18.6. The van der Waals surface area contributed by atoms with Gasteiger partial charge in [0.2, 0.25) is 0 Å². The second-order valence-electron chi connectivity index (χ2n) is 7.32. The predicted molar refractivity (Wildman–Crippen MR) is 124 cm³/mol. The maximum absolute atomic E-state index is 13.3. The van der Waals surface area contributed by atoms with Gasteiger partial charge >= 0.3 is 0 Å². The average Bonchev–Trinajstić information content (AvgIpc) is 3.51. The summed E-state index contributed by atoms with van der Waals surface area (Å²) in [6.07, 6.45) is 1.06. The van der Waals surface area contributed by atoms with Gasteiger partial charge < -0.3 is 9.80 Å². The van der Waals surface area contributed by atoms with Crippen molar-refractivity contribution in [1.29, 1.82) is 0 Å². The van der Waals surface area contributed by atoms with Gasteiger partial charge in [-0.1, -0.05) is 24.3 Å². The molecule has 156 valence electrons. The summed E-state index contributed by atoms with van der Waals surface area (Å²) in [6.45, 7) is 4.20. The normalized spacial score (nSPS) is 14.6. The Morgan fingerprint density at radius 2 is 1.67 bits per heavy atom. The molecule has 0 bridgehead atoms. The van der Waals surface area contributed by atoms with Gasteiger partial charge in [0.15, 0.2) is 0 Å². The van der Waals surface area contributed by atoms with Crippen molar-refractivity contribution in [3.8, 4) is 0 Å². The molecular formula is C23H25N3O2S2. The van der Waals surface area contributed by atoms with Gasteiger partial charge in [0.25, 0.3) is 11.8 Å². The van der Waals surface area contributed by atoms with E-state index in [4.69, 9.17) is 0 Å². The molecule has 1 saturated heterocycles. The third kappa shape index (κ3) is 4.64. The number of rotatable bonds is 6. The summed E-state index contributed by atoms with van der Waals surface area (Å²) in [6, 6.07) is 15.3. The van der Waals surface area contributed by atoms with Crippen molar-refractivity contribution in [3.63, 3.8) is 0 Å². The van der Waals surface area contributed by atoms with Crippen molar-refractivity contribution in [2.75, 3.05) is 44.7 Å². The van der Waals surface area contributed by atoms with Crippen LogP contribution in [0.4, 0.5) is 5.69 Å². The van der Waals surface area contributed by atoms with Crippen LogP contribution in [0.2, 0.25) is 0 Å². The summed E-state index contributed by atoms with van der Waals surface area (Å²) in [5.74, 6) is -0.0991. The first-order valence-electron chi connectivity index (χ1n) is 10.1. The Labute approximate surface area is 185 Å². The largest absolute Gasteiger partial charge is 0.336 e. The van der Waals surface area contributed by atoms with Crippen LogP contribution in [0, 0.1) is 0 Å². The summed E-state index contributed by atoms with van der Waals surface area (Å²) in [5.41, 5.74) is 1.23. The second-order valence-corrected chi connectivity index (χ2v) is 9.30. The van der Waals surface area contributed by atoms with E-state index in [-0.39, 0.29) is 11.8 Å². The third-order valence-corrected chi connectivity index (χ3v) is 7.24. The van der Waals surface area contributed by atoms with E-state index in [1.807, 2.05) is 46.7 Å². The minimum atomic E-state index is -0.0938. The Balaban J connectivity index is 1.40. The zero-order valence-electron chi connectivity index (χ0n) is 17.0. The Morgan fingerprint density at radius 1 is 0.933 bits per heavy atom. The van der Waals surface area contributed by atoms with E-state index in [1.54, 1.807) is 23.3 Å². The van der Waals surface area contributed by atoms with E-state index in [0.717, 1.165) is 26.1 Å². The van der Waals surface area contributed by atoms with E-state index in [1.165, 1.54) is 16.2 Å². The van der Waals surface area contributed by atoms with Crippen molar-refractivity contribution in [3.05, 3.63) is 74.6 Å². The fourth-order valence-corrected chi connectivity index (χ4v) is 5.09. The van der Waals surface area contributed by atoms with E-state index in [2.05, 4.69) is 22.4 Å². The summed E-state index contributed by atoms with van der Waals surface area (Å²) < 4.78 is 0. The maximum atomic E-state index is 13.3.